The van der Waals surface area contributed by atoms with Crippen LogP contribution in [0.15, 0.2) is 0 Å². The maximum absolute atomic E-state index is 11.7. The monoisotopic (exact) mass is 464 g/mol. The van der Waals surface area contributed by atoms with E-state index in [9.17, 15) is 25.2 Å². The zero-order chi connectivity index (χ0) is 24.3. The Morgan fingerprint density at radius 2 is 1.64 bits per heavy atom. The van der Waals surface area contributed by atoms with Crippen molar-refractivity contribution < 1.29 is 25.2 Å². The highest BCUT2D eigenvalue weighted by molar-refractivity contribution is 5.69. The first kappa shape index (κ1) is 25.4. The van der Waals surface area contributed by atoms with Crippen LogP contribution in [-0.2, 0) is 4.79 Å². The summed E-state index contributed by atoms with van der Waals surface area (Å²) in [6, 6.07) is 0. The van der Waals surface area contributed by atoms with Crippen LogP contribution in [0.1, 0.15) is 92.4 Å². The normalized spacial score (nSPS) is 49.9. The summed E-state index contributed by atoms with van der Waals surface area (Å²) in [6.45, 7) is 10.8. The summed E-state index contributed by atoms with van der Waals surface area (Å²) in [5.74, 6) is 1.22. The maximum Gasteiger partial charge on any atom is 0.306 e. The predicted molar refractivity (Wildman–Crippen MR) is 128 cm³/mol. The van der Waals surface area contributed by atoms with E-state index >= 15 is 0 Å². The number of aliphatic hydroxyl groups excluding tert-OH is 3. The highest BCUT2D eigenvalue weighted by Crippen LogP contribution is 2.68. The topological polar surface area (TPSA) is 98.0 Å². The summed E-state index contributed by atoms with van der Waals surface area (Å²) in [4.78, 5) is 11.4. The third-order valence-electron chi connectivity index (χ3n) is 11.8. The zero-order valence-electron chi connectivity index (χ0n) is 21.4. The highest BCUT2D eigenvalue weighted by atomic mass is 16.4. The molecule has 0 aliphatic heterocycles. The van der Waals surface area contributed by atoms with Gasteiger partial charge in [0.15, 0.2) is 0 Å². The third kappa shape index (κ3) is 4.08. The first-order valence-electron chi connectivity index (χ1n) is 13.7. The minimum absolute atomic E-state index is 0.109. The van der Waals surface area contributed by atoms with E-state index in [1.54, 1.807) is 6.92 Å². The van der Waals surface area contributed by atoms with Crippen molar-refractivity contribution in [1.82, 2.24) is 0 Å². The lowest BCUT2D eigenvalue weighted by atomic mass is 9.43. The molecule has 4 saturated carbocycles. The lowest BCUT2D eigenvalue weighted by Crippen LogP contribution is -2.62. The van der Waals surface area contributed by atoms with Crippen LogP contribution in [0.2, 0.25) is 0 Å². The number of carboxylic acids is 1. The van der Waals surface area contributed by atoms with E-state index < -0.39 is 5.97 Å². The molecule has 0 saturated heterocycles. The molecule has 4 aliphatic rings. The fourth-order valence-electron chi connectivity index (χ4n) is 9.35. The highest BCUT2D eigenvalue weighted by Gasteiger charge is 2.65. The van der Waals surface area contributed by atoms with Crippen LogP contribution in [0.4, 0.5) is 0 Å². The average Bonchev–Trinajstić information content (AvgIpc) is 3.11. The molecule has 4 N–H and O–H groups in total. The molecular weight excluding hydrogens is 416 g/mol. The molecule has 0 radical (unpaired) electrons. The minimum Gasteiger partial charge on any atom is -0.481 e. The second-order valence-corrected chi connectivity index (χ2v) is 13.2. The summed E-state index contributed by atoms with van der Waals surface area (Å²) in [5, 5.41) is 42.7. The van der Waals surface area contributed by atoms with Gasteiger partial charge in [0.25, 0.3) is 0 Å². The number of aliphatic carboxylic acids is 1. The molecule has 0 spiro atoms. The second kappa shape index (κ2) is 9.09. The Balaban J connectivity index is 1.52. The summed E-state index contributed by atoms with van der Waals surface area (Å²) in [7, 11) is 0. The van der Waals surface area contributed by atoms with Gasteiger partial charge in [0.2, 0.25) is 0 Å². The van der Waals surface area contributed by atoms with Crippen LogP contribution in [0, 0.1) is 58.2 Å². The van der Waals surface area contributed by atoms with Crippen molar-refractivity contribution in [3.05, 3.63) is 0 Å². The van der Waals surface area contributed by atoms with Gasteiger partial charge in [0.1, 0.15) is 0 Å². The van der Waals surface area contributed by atoms with Gasteiger partial charge in [-0.15, -0.1) is 0 Å². The first-order valence-corrected chi connectivity index (χ1v) is 13.7. The Morgan fingerprint density at radius 3 is 2.30 bits per heavy atom. The van der Waals surface area contributed by atoms with E-state index in [0.29, 0.717) is 29.6 Å². The second-order valence-electron chi connectivity index (χ2n) is 13.2. The average molecular weight is 465 g/mol. The summed E-state index contributed by atoms with van der Waals surface area (Å²) in [5.41, 5.74) is -0.0713. The Kier molecular flexibility index (Phi) is 7.01. The molecule has 4 aliphatic carbocycles. The van der Waals surface area contributed by atoms with E-state index in [1.165, 1.54) is 0 Å². The molecule has 0 aromatic heterocycles. The molecule has 190 valence electrons. The molecule has 4 fully saturated rings. The van der Waals surface area contributed by atoms with Gasteiger partial charge in [-0.05, 0) is 104 Å². The van der Waals surface area contributed by atoms with Crippen molar-refractivity contribution in [3.8, 4) is 0 Å². The quantitative estimate of drug-likeness (QED) is 0.456. The lowest BCUT2D eigenvalue weighted by molar-refractivity contribution is -0.207. The molecule has 5 heteroatoms. The molecule has 0 amide bonds. The van der Waals surface area contributed by atoms with Gasteiger partial charge in [0, 0.05) is 0 Å². The smallest absolute Gasteiger partial charge is 0.306 e. The first-order chi connectivity index (χ1) is 15.4. The molecule has 4 rings (SSSR count). The number of hydrogen-bond donors (Lipinski definition) is 4. The van der Waals surface area contributed by atoms with Crippen molar-refractivity contribution in [1.29, 1.82) is 0 Å². The number of hydrogen-bond acceptors (Lipinski definition) is 4. The molecule has 0 aromatic rings. The van der Waals surface area contributed by atoms with Gasteiger partial charge >= 0.3 is 5.97 Å². The van der Waals surface area contributed by atoms with Gasteiger partial charge in [-0.1, -0.05) is 41.0 Å². The van der Waals surface area contributed by atoms with Crippen LogP contribution >= 0.6 is 0 Å². The molecule has 0 heterocycles. The molecule has 0 bridgehead atoms. The number of fused-ring (bicyclic) bond motifs is 5. The number of aliphatic hydroxyl groups is 3. The number of carbonyl (C=O) groups is 1. The van der Waals surface area contributed by atoms with Crippen molar-refractivity contribution >= 4 is 5.97 Å². The molecule has 5 nitrogen and oxygen atoms in total. The molecule has 10 unspecified atom stereocenters. The lowest BCUT2D eigenvalue weighted by Gasteiger charge is -2.63. The van der Waals surface area contributed by atoms with Crippen molar-refractivity contribution in [2.24, 2.45) is 58.2 Å². The Labute approximate surface area is 200 Å². The van der Waals surface area contributed by atoms with Crippen molar-refractivity contribution in [2.75, 3.05) is 0 Å². The van der Waals surface area contributed by atoms with E-state index in [-0.39, 0.29) is 46.9 Å². The molecular formula is C28H48O5. The van der Waals surface area contributed by atoms with Crippen molar-refractivity contribution in [3.63, 3.8) is 0 Å². The number of rotatable bonds is 6. The predicted octanol–water partition coefficient (Wildman–Crippen LogP) is 4.72. The summed E-state index contributed by atoms with van der Waals surface area (Å²) in [6.07, 6.45) is 7.34. The molecule has 0 aromatic carbocycles. The largest absolute Gasteiger partial charge is 0.481 e. The Morgan fingerprint density at radius 1 is 0.939 bits per heavy atom. The van der Waals surface area contributed by atoms with E-state index in [2.05, 4.69) is 20.8 Å². The van der Waals surface area contributed by atoms with Gasteiger partial charge in [-0.2, -0.15) is 0 Å². The van der Waals surface area contributed by atoms with Gasteiger partial charge in [-0.3, -0.25) is 4.79 Å². The molecule has 33 heavy (non-hydrogen) atoms. The Bertz CT molecular complexity index is 725. The van der Waals surface area contributed by atoms with E-state index in [4.69, 9.17) is 0 Å². The van der Waals surface area contributed by atoms with Crippen LogP contribution < -0.4 is 0 Å². The number of carboxylic acid groups (broad SMARTS) is 1. The van der Waals surface area contributed by atoms with Gasteiger partial charge < -0.3 is 20.4 Å². The van der Waals surface area contributed by atoms with E-state index in [1.807, 2.05) is 6.92 Å². The maximum atomic E-state index is 11.7. The zero-order valence-corrected chi connectivity index (χ0v) is 21.4. The van der Waals surface area contributed by atoms with Crippen molar-refractivity contribution in [2.45, 2.75) is 111 Å². The standard InChI is InChI=1S/C28H48O5/c1-15(17(3)26(32)33)6-7-16(2)20-8-9-21-25-22(14-24(31)28(20,21)5)27(4)11-10-19(29)12-18(27)13-23(25)30/h15-25,29-31H,6-14H2,1-5H3,(H,32,33)/t15?,16?,17?,18-,19?,20?,21?,22?,23?,24?,25?,27-,28+/m0/s1. The van der Waals surface area contributed by atoms with Gasteiger partial charge in [-0.25, -0.2) is 0 Å². The van der Waals surface area contributed by atoms with Crippen LogP contribution in [-0.4, -0.2) is 44.7 Å². The van der Waals surface area contributed by atoms with E-state index in [0.717, 1.165) is 57.8 Å². The minimum atomic E-state index is -0.717. The fourth-order valence-corrected chi connectivity index (χ4v) is 9.35. The van der Waals surface area contributed by atoms with Crippen LogP contribution in [0.5, 0.6) is 0 Å². The fraction of sp³-hybridized carbons (Fsp3) is 0.964. The summed E-state index contributed by atoms with van der Waals surface area (Å²) >= 11 is 0. The van der Waals surface area contributed by atoms with Crippen LogP contribution in [0.25, 0.3) is 0 Å². The molecule has 13 atom stereocenters. The third-order valence-corrected chi connectivity index (χ3v) is 11.8. The van der Waals surface area contributed by atoms with Crippen LogP contribution in [0.3, 0.4) is 0 Å². The van der Waals surface area contributed by atoms with Gasteiger partial charge in [0.05, 0.1) is 24.2 Å². The SMILES string of the molecule is CC(CCC(C)C1CCC2C3C(O)C[C@@H]4CC(O)CC[C@]4(C)C3CC(O)[C@]12C)C(C)C(=O)O. The summed E-state index contributed by atoms with van der Waals surface area (Å²) < 4.78 is 0. The Hall–Kier alpha value is -0.650.